The number of carbonyl (C=O) groups is 1. The first-order valence-corrected chi connectivity index (χ1v) is 11.4. The van der Waals surface area contributed by atoms with E-state index in [9.17, 15) is 9.90 Å². The van der Waals surface area contributed by atoms with E-state index in [1.807, 2.05) is 22.5 Å². The zero-order chi connectivity index (χ0) is 20.4. The summed E-state index contributed by atoms with van der Waals surface area (Å²) in [7, 11) is 0. The number of hydrogen-bond acceptors (Lipinski definition) is 6. The zero-order valence-corrected chi connectivity index (χ0v) is 18.3. The number of nitrogens with zero attached hydrogens (tertiary/aromatic N) is 4. The van der Waals surface area contributed by atoms with Gasteiger partial charge in [-0.25, -0.2) is 4.98 Å². The summed E-state index contributed by atoms with van der Waals surface area (Å²) < 4.78 is 0. The van der Waals surface area contributed by atoms with Crippen molar-refractivity contribution in [1.29, 1.82) is 0 Å². The van der Waals surface area contributed by atoms with Crippen LogP contribution in [0.3, 0.4) is 0 Å². The SMILES string of the molecule is O=C(Cc1ccc(Cl)c(Cl)c1)N1CCN(c2nccs2)C[C@H]1CN1CC[C@H](O)C1. The molecule has 1 amide bonds. The maximum Gasteiger partial charge on any atom is 0.227 e. The number of piperazine rings is 1. The van der Waals surface area contributed by atoms with Gasteiger partial charge in [0, 0.05) is 50.8 Å². The second-order valence-electron chi connectivity index (χ2n) is 7.63. The van der Waals surface area contributed by atoms with Gasteiger partial charge in [-0.15, -0.1) is 11.3 Å². The largest absolute Gasteiger partial charge is 0.392 e. The number of aromatic nitrogens is 1. The normalized spacial score (nSPS) is 23.0. The van der Waals surface area contributed by atoms with Gasteiger partial charge in [0.15, 0.2) is 5.13 Å². The number of thiazole rings is 1. The van der Waals surface area contributed by atoms with Crippen molar-refractivity contribution in [1.82, 2.24) is 14.8 Å². The lowest BCUT2D eigenvalue weighted by Crippen LogP contribution is -2.59. The minimum absolute atomic E-state index is 0.0493. The molecule has 2 aliphatic heterocycles. The Balaban J connectivity index is 1.48. The number of amides is 1. The molecule has 1 aromatic heterocycles. The van der Waals surface area contributed by atoms with Crippen LogP contribution in [0.25, 0.3) is 0 Å². The van der Waals surface area contributed by atoms with Crippen LogP contribution in [-0.4, -0.2) is 77.2 Å². The summed E-state index contributed by atoms with van der Waals surface area (Å²) >= 11 is 13.7. The van der Waals surface area contributed by atoms with Gasteiger partial charge in [-0.3, -0.25) is 9.69 Å². The zero-order valence-electron chi connectivity index (χ0n) is 16.0. The van der Waals surface area contributed by atoms with Crippen LogP contribution in [0.2, 0.25) is 10.0 Å². The predicted octanol–water partition coefficient (Wildman–Crippen LogP) is 2.78. The standard InChI is InChI=1S/C20H24Cl2N4O2S/c21-17-2-1-14(9-18(17)22)10-19(28)26-7-6-25(20-23-4-8-29-20)12-15(26)11-24-5-3-16(27)13-24/h1-2,4,8-9,15-16,27H,3,5-7,10-13H2/t15-,16+/m1/s1. The van der Waals surface area contributed by atoms with Gasteiger partial charge in [0.1, 0.15) is 0 Å². The molecule has 2 atom stereocenters. The van der Waals surface area contributed by atoms with Gasteiger partial charge in [-0.1, -0.05) is 29.3 Å². The Morgan fingerprint density at radius 1 is 1.21 bits per heavy atom. The number of rotatable bonds is 5. The molecule has 0 radical (unpaired) electrons. The Kier molecular flexibility index (Phi) is 6.61. The van der Waals surface area contributed by atoms with E-state index in [0.717, 1.165) is 43.3 Å². The molecule has 156 valence electrons. The number of aliphatic hydroxyl groups is 1. The molecule has 0 aliphatic carbocycles. The van der Waals surface area contributed by atoms with E-state index in [2.05, 4.69) is 14.8 Å². The average molecular weight is 455 g/mol. The van der Waals surface area contributed by atoms with Gasteiger partial charge < -0.3 is 14.9 Å². The molecule has 0 saturated carbocycles. The number of hydrogen-bond donors (Lipinski definition) is 1. The van der Waals surface area contributed by atoms with Crippen LogP contribution >= 0.6 is 34.5 Å². The summed E-state index contributed by atoms with van der Waals surface area (Å²) in [6, 6.07) is 5.40. The second kappa shape index (κ2) is 9.18. The van der Waals surface area contributed by atoms with Crippen molar-refractivity contribution in [3.63, 3.8) is 0 Å². The number of β-amino-alcohol motifs (C(OH)–C–C–N with tert-alkyl or cyclic N) is 1. The second-order valence-corrected chi connectivity index (χ2v) is 9.32. The Labute approximate surface area is 184 Å². The molecular formula is C20H24Cl2N4O2S. The van der Waals surface area contributed by atoms with E-state index in [0.29, 0.717) is 29.6 Å². The first-order valence-electron chi connectivity index (χ1n) is 9.78. The molecule has 3 heterocycles. The molecule has 29 heavy (non-hydrogen) atoms. The van der Waals surface area contributed by atoms with Crippen LogP contribution in [0, 0.1) is 0 Å². The highest BCUT2D eigenvalue weighted by Gasteiger charge is 2.34. The molecule has 2 aromatic rings. The Morgan fingerprint density at radius 3 is 2.76 bits per heavy atom. The molecule has 0 bridgehead atoms. The smallest absolute Gasteiger partial charge is 0.227 e. The van der Waals surface area contributed by atoms with Gasteiger partial charge in [-0.2, -0.15) is 0 Å². The van der Waals surface area contributed by atoms with Gasteiger partial charge in [-0.05, 0) is 24.1 Å². The molecule has 6 nitrogen and oxygen atoms in total. The molecule has 2 saturated heterocycles. The number of aliphatic hydroxyl groups excluding tert-OH is 1. The fraction of sp³-hybridized carbons (Fsp3) is 0.500. The Bertz CT molecular complexity index is 851. The van der Waals surface area contributed by atoms with Crippen LogP contribution in [0.5, 0.6) is 0 Å². The molecular weight excluding hydrogens is 431 g/mol. The number of likely N-dealkylation sites (tertiary alicyclic amines) is 1. The topological polar surface area (TPSA) is 59.9 Å². The summed E-state index contributed by atoms with van der Waals surface area (Å²) in [5.74, 6) is 0.0897. The van der Waals surface area contributed by atoms with E-state index < -0.39 is 0 Å². The maximum absolute atomic E-state index is 13.2. The van der Waals surface area contributed by atoms with E-state index in [-0.39, 0.29) is 18.1 Å². The third kappa shape index (κ3) is 5.03. The summed E-state index contributed by atoms with van der Waals surface area (Å²) in [6.07, 6.45) is 2.63. The summed E-state index contributed by atoms with van der Waals surface area (Å²) in [6.45, 7) is 4.45. The van der Waals surface area contributed by atoms with E-state index >= 15 is 0 Å². The molecule has 4 rings (SSSR count). The van der Waals surface area contributed by atoms with Gasteiger partial charge in [0.05, 0.1) is 28.6 Å². The van der Waals surface area contributed by atoms with Crippen LogP contribution < -0.4 is 4.90 Å². The maximum atomic E-state index is 13.2. The first kappa shape index (κ1) is 20.9. The number of halogens is 2. The van der Waals surface area contributed by atoms with Crippen molar-refractivity contribution >= 4 is 45.6 Å². The molecule has 2 fully saturated rings. The molecule has 1 N–H and O–H groups in total. The fourth-order valence-electron chi connectivity index (χ4n) is 4.09. The molecule has 2 aliphatic rings. The van der Waals surface area contributed by atoms with Crippen molar-refractivity contribution in [3.05, 3.63) is 45.4 Å². The van der Waals surface area contributed by atoms with E-state index in [1.165, 1.54) is 0 Å². The Morgan fingerprint density at radius 2 is 2.07 bits per heavy atom. The van der Waals surface area contributed by atoms with Crippen LogP contribution in [0.1, 0.15) is 12.0 Å². The van der Waals surface area contributed by atoms with E-state index in [1.54, 1.807) is 23.5 Å². The van der Waals surface area contributed by atoms with Crippen molar-refractivity contribution in [2.24, 2.45) is 0 Å². The number of anilines is 1. The molecule has 1 aromatic carbocycles. The van der Waals surface area contributed by atoms with Gasteiger partial charge >= 0.3 is 0 Å². The molecule has 9 heteroatoms. The quantitative estimate of drug-likeness (QED) is 0.752. The predicted molar refractivity (Wildman–Crippen MR) is 117 cm³/mol. The van der Waals surface area contributed by atoms with Crippen molar-refractivity contribution in [2.75, 3.05) is 44.2 Å². The molecule has 0 unspecified atom stereocenters. The summed E-state index contributed by atoms with van der Waals surface area (Å²) in [5.41, 5.74) is 0.863. The average Bonchev–Trinajstić information content (AvgIpc) is 3.37. The van der Waals surface area contributed by atoms with Crippen LogP contribution in [0.4, 0.5) is 5.13 Å². The van der Waals surface area contributed by atoms with Crippen LogP contribution in [-0.2, 0) is 11.2 Å². The lowest BCUT2D eigenvalue weighted by molar-refractivity contribution is -0.133. The minimum atomic E-state index is -0.269. The third-order valence-electron chi connectivity index (χ3n) is 5.55. The first-order chi connectivity index (χ1) is 14.0. The summed E-state index contributed by atoms with van der Waals surface area (Å²) in [4.78, 5) is 24.1. The highest BCUT2D eigenvalue weighted by molar-refractivity contribution is 7.13. The van der Waals surface area contributed by atoms with E-state index in [4.69, 9.17) is 23.2 Å². The monoisotopic (exact) mass is 454 g/mol. The summed E-state index contributed by atoms with van der Waals surface area (Å²) in [5, 5.41) is 13.8. The number of carbonyl (C=O) groups excluding carboxylic acids is 1. The Hall–Kier alpha value is -1.38. The lowest BCUT2D eigenvalue weighted by Gasteiger charge is -2.43. The fourth-order valence-corrected chi connectivity index (χ4v) is 5.09. The van der Waals surface area contributed by atoms with Crippen LogP contribution in [0.15, 0.2) is 29.8 Å². The van der Waals surface area contributed by atoms with Crippen molar-refractivity contribution in [2.45, 2.75) is 25.0 Å². The van der Waals surface area contributed by atoms with Crippen molar-refractivity contribution in [3.8, 4) is 0 Å². The third-order valence-corrected chi connectivity index (χ3v) is 7.12. The molecule has 0 spiro atoms. The van der Waals surface area contributed by atoms with Gasteiger partial charge in [0.2, 0.25) is 5.91 Å². The highest BCUT2D eigenvalue weighted by atomic mass is 35.5. The van der Waals surface area contributed by atoms with Crippen molar-refractivity contribution < 1.29 is 9.90 Å². The highest BCUT2D eigenvalue weighted by Crippen LogP contribution is 2.25. The minimum Gasteiger partial charge on any atom is -0.392 e. The van der Waals surface area contributed by atoms with Gasteiger partial charge in [0.25, 0.3) is 0 Å². The number of benzene rings is 1. The lowest BCUT2D eigenvalue weighted by atomic mass is 10.1.